The van der Waals surface area contributed by atoms with Gasteiger partial charge in [-0.25, -0.2) is 8.42 Å². The van der Waals surface area contributed by atoms with Crippen LogP contribution in [0.1, 0.15) is 20.8 Å². The van der Waals surface area contributed by atoms with Crippen molar-refractivity contribution in [2.75, 3.05) is 25.7 Å². The van der Waals surface area contributed by atoms with E-state index in [1.54, 1.807) is 0 Å². The van der Waals surface area contributed by atoms with Gasteiger partial charge in [0.05, 0.1) is 25.7 Å². The highest BCUT2D eigenvalue weighted by molar-refractivity contribution is 7.91. The summed E-state index contributed by atoms with van der Waals surface area (Å²) in [7, 11) is -4.03. The SMILES string of the molecule is CC(=O)OC[C@@H](COc1ccc(S(=O)(=O)c2cc(Cl)c(OC[C@H](CCl)OC(C)=O)c(Cl)c2)cc1)OC(C)=O. The molecule has 38 heavy (non-hydrogen) atoms. The quantitative estimate of drug-likeness (QED) is 0.184. The van der Waals surface area contributed by atoms with E-state index in [0.717, 1.165) is 0 Å². The summed E-state index contributed by atoms with van der Waals surface area (Å²) < 4.78 is 52.2. The van der Waals surface area contributed by atoms with E-state index in [1.165, 1.54) is 57.2 Å². The maximum atomic E-state index is 13.2. The number of halogens is 3. The van der Waals surface area contributed by atoms with E-state index < -0.39 is 40.0 Å². The molecular formula is C24H25Cl3O10S. The Morgan fingerprint density at radius 1 is 0.763 bits per heavy atom. The first-order chi connectivity index (χ1) is 17.8. The van der Waals surface area contributed by atoms with E-state index in [1.807, 2.05) is 0 Å². The van der Waals surface area contributed by atoms with E-state index in [-0.39, 0.29) is 57.0 Å². The zero-order valence-corrected chi connectivity index (χ0v) is 23.7. The lowest BCUT2D eigenvalue weighted by Gasteiger charge is -2.18. The molecule has 208 valence electrons. The summed E-state index contributed by atoms with van der Waals surface area (Å²) in [5, 5.41) is -0.145. The maximum Gasteiger partial charge on any atom is 0.303 e. The van der Waals surface area contributed by atoms with Gasteiger partial charge in [0.2, 0.25) is 9.84 Å². The molecule has 0 fully saturated rings. The highest BCUT2D eigenvalue weighted by atomic mass is 35.5. The number of alkyl halides is 1. The van der Waals surface area contributed by atoms with E-state index in [2.05, 4.69) is 0 Å². The smallest absolute Gasteiger partial charge is 0.303 e. The fourth-order valence-electron chi connectivity index (χ4n) is 2.95. The van der Waals surface area contributed by atoms with Crippen LogP contribution in [0.3, 0.4) is 0 Å². The summed E-state index contributed by atoms with van der Waals surface area (Å²) in [6, 6.07) is 7.81. The molecule has 14 heteroatoms. The number of sulfone groups is 1. The highest BCUT2D eigenvalue weighted by Gasteiger charge is 2.23. The number of carbonyl (C=O) groups excluding carboxylic acids is 3. The van der Waals surface area contributed by atoms with E-state index in [4.69, 9.17) is 58.5 Å². The van der Waals surface area contributed by atoms with Gasteiger partial charge in [-0.2, -0.15) is 0 Å². The third kappa shape index (κ3) is 9.54. The maximum absolute atomic E-state index is 13.2. The zero-order valence-electron chi connectivity index (χ0n) is 20.6. The lowest BCUT2D eigenvalue weighted by Crippen LogP contribution is -2.29. The van der Waals surface area contributed by atoms with Gasteiger partial charge in [-0.1, -0.05) is 23.2 Å². The fraction of sp³-hybridized carbons (Fsp3) is 0.375. The first kappa shape index (κ1) is 31.5. The molecule has 0 saturated heterocycles. The van der Waals surface area contributed by atoms with Crippen LogP contribution in [-0.2, 0) is 38.4 Å². The van der Waals surface area contributed by atoms with Crippen molar-refractivity contribution < 1.29 is 46.5 Å². The lowest BCUT2D eigenvalue weighted by molar-refractivity contribution is -0.158. The Morgan fingerprint density at radius 2 is 1.29 bits per heavy atom. The Bertz CT molecular complexity index is 1230. The topological polar surface area (TPSA) is 132 Å². The predicted octanol–water partition coefficient (Wildman–Crippen LogP) is 4.25. The van der Waals surface area contributed by atoms with Gasteiger partial charge >= 0.3 is 17.9 Å². The van der Waals surface area contributed by atoms with Crippen LogP contribution < -0.4 is 9.47 Å². The first-order valence-electron chi connectivity index (χ1n) is 11.0. The molecular weight excluding hydrogens is 587 g/mol. The Morgan fingerprint density at radius 3 is 1.79 bits per heavy atom. The van der Waals surface area contributed by atoms with Gasteiger partial charge in [0.25, 0.3) is 0 Å². The molecule has 0 aliphatic carbocycles. The van der Waals surface area contributed by atoms with Gasteiger partial charge in [-0.05, 0) is 36.4 Å². The summed E-state index contributed by atoms with van der Waals surface area (Å²) in [6.45, 7) is 3.18. The highest BCUT2D eigenvalue weighted by Crippen LogP contribution is 2.37. The number of esters is 3. The minimum atomic E-state index is -4.03. The monoisotopic (exact) mass is 610 g/mol. The number of rotatable bonds is 13. The Balaban J connectivity index is 2.14. The van der Waals surface area contributed by atoms with Crippen LogP contribution in [0.4, 0.5) is 0 Å². The van der Waals surface area contributed by atoms with E-state index in [9.17, 15) is 22.8 Å². The average Bonchev–Trinajstić information content (AvgIpc) is 2.83. The molecule has 0 spiro atoms. The number of benzene rings is 2. The van der Waals surface area contributed by atoms with Crippen molar-refractivity contribution in [2.45, 2.75) is 42.8 Å². The van der Waals surface area contributed by atoms with Crippen LogP contribution >= 0.6 is 34.8 Å². The molecule has 0 saturated carbocycles. The second kappa shape index (κ2) is 14.4. The summed E-state index contributed by atoms with van der Waals surface area (Å²) in [4.78, 5) is 33.1. The van der Waals surface area contributed by atoms with Crippen LogP contribution in [-0.4, -0.2) is 64.2 Å². The molecule has 10 nitrogen and oxygen atoms in total. The standard InChI is InChI=1S/C24H25Cl3O10S/c1-14(28)33-12-19(37-16(3)30)13-34-17-4-6-20(7-5-17)38(31,32)21-8-22(26)24(23(27)9-21)35-11-18(10-25)36-15(2)29/h4-9,18-19H,10-13H2,1-3H3/t18-,19-/m0/s1. The van der Waals surface area contributed by atoms with Gasteiger partial charge in [-0.3, -0.25) is 14.4 Å². The third-order valence-corrected chi connectivity index (χ3v) is 7.23. The van der Waals surface area contributed by atoms with Crippen molar-refractivity contribution in [3.8, 4) is 11.5 Å². The van der Waals surface area contributed by atoms with Gasteiger partial charge < -0.3 is 23.7 Å². The molecule has 0 amide bonds. The number of carbonyl (C=O) groups is 3. The zero-order chi connectivity index (χ0) is 28.5. The molecule has 0 N–H and O–H groups in total. The lowest BCUT2D eigenvalue weighted by atomic mass is 10.3. The second-order valence-corrected chi connectivity index (χ2v) is 10.8. The van der Waals surface area contributed by atoms with Crippen molar-refractivity contribution in [2.24, 2.45) is 0 Å². The molecule has 2 rings (SSSR count). The molecule has 0 aliphatic rings. The largest absolute Gasteiger partial charge is 0.490 e. The predicted molar refractivity (Wildman–Crippen MR) is 138 cm³/mol. The number of ether oxygens (including phenoxy) is 5. The Hall–Kier alpha value is -2.73. The second-order valence-electron chi connectivity index (χ2n) is 7.73. The molecule has 0 unspecified atom stereocenters. The molecule has 0 aromatic heterocycles. The molecule has 0 aliphatic heterocycles. The van der Waals surface area contributed by atoms with Crippen molar-refractivity contribution in [1.82, 2.24) is 0 Å². The van der Waals surface area contributed by atoms with Crippen LogP contribution in [0.15, 0.2) is 46.2 Å². The van der Waals surface area contributed by atoms with Gasteiger partial charge in [-0.15, -0.1) is 11.6 Å². The van der Waals surface area contributed by atoms with Gasteiger partial charge in [0.1, 0.15) is 31.7 Å². The van der Waals surface area contributed by atoms with Crippen LogP contribution in [0.25, 0.3) is 0 Å². The number of hydrogen-bond donors (Lipinski definition) is 0. The normalized spacial score (nSPS) is 12.7. The Labute approximate surface area is 234 Å². The summed E-state index contributed by atoms with van der Waals surface area (Å²) in [5.74, 6) is -1.40. The summed E-state index contributed by atoms with van der Waals surface area (Å²) >= 11 is 18.2. The number of hydrogen-bond acceptors (Lipinski definition) is 10. The summed E-state index contributed by atoms with van der Waals surface area (Å²) in [6.07, 6.45) is -1.60. The minimum absolute atomic E-state index is 0.00869. The van der Waals surface area contributed by atoms with Crippen molar-refractivity contribution >= 4 is 62.5 Å². The summed E-state index contributed by atoms with van der Waals surface area (Å²) in [5.41, 5.74) is 0. The molecule has 2 aromatic rings. The van der Waals surface area contributed by atoms with Crippen molar-refractivity contribution in [3.05, 3.63) is 46.4 Å². The molecule has 2 atom stereocenters. The van der Waals surface area contributed by atoms with Crippen molar-refractivity contribution in [3.63, 3.8) is 0 Å². The Kier molecular flexibility index (Phi) is 12.0. The fourth-order valence-corrected chi connectivity index (χ4v) is 5.14. The van der Waals surface area contributed by atoms with Crippen LogP contribution in [0.5, 0.6) is 11.5 Å². The molecule has 0 radical (unpaired) electrons. The van der Waals surface area contributed by atoms with Crippen LogP contribution in [0.2, 0.25) is 10.0 Å². The van der Waals surface area contributed by atoms with Gasteiger partial charge in [0, 0.05) is 20.8 Å². The molecule has 2 aromatic carbocycles. The van der Waals surface area contributed by atoms with Crippen molar-refractivity contribution in [1.29, 1.82) is 0 Å². The van der Waals surface area contributed by atoms with Gasteiger partial charge in [0.15, 0.2) is 11.9 Å². The molecule has 0 bridgehead atoms. The van der Waals surface area contributed by atoms with E-state index >= 15 is 0 Å². The van der Waals surface area contributed by atoms with Crippen LogP contribution in [0, 0.1) is 0 Å². The molecule has 0 heterocycles. The first-order valence-corrected chi connectivity index (χ1v) is 13.7. The third-order valence-electron chi connectivity index (χ3n) is 4.58. The minimum Gasteiger partial charge on any atom is -0.490 e. The van der Waals surface area contributed by atoms with E-state index in [0.29, 0.717) is 0 Å². The average molecular weight is 612 g/mol.